The molecule has 0 amide bonds. The highest BCUT2D eigenvalue weighted by molar-refractivity contribution is 6.42. The SMILES string of the molecule is ON=C(c1ccc(Cl)c(Cl)c1)C1C2CNCC21. The first-order valence-corrected chi connectivity index (χ1v) is 6.36. The van der Waals surface area contributed by atoms with Crippen LogP contribution in [0.1, 0.15) is 5.56 Å². The third-order valence-electron chi connectivity index (χ3n) is 3.73. The quantitative estimate of drug-likeness (QED) is 0.493. The third-order valence-corrected chi connectivity index (χ3v) is 4.47. The largest absolute Gasteiger partial charge is 0.411 e. The molecule has 1 aromatic carbocycles. The fraction of sp³-hybridized carbons (Fsp3) is 0.417. The zero-order valence-corrected chi connectivity index (χ0v) is 10.5. The number of fused-ring (bicyclic) bond motifs is 1. The van der Waals surface area contributed by atoms with E-state index in [1.165, 1.54) is 0 Å². The molecular weight excluding hydrogens is 259 g/mol. The van der Waals surface area contributed by atoms with Crippen molar-refractivity contribution in [1.82, 2.24) is 5.32 Å². The second-order valence-corrected chi connectivity index (χ2v) is 5.44. The molecule has 1 aliphatic carbocycles. The standard InChI is InChI=1S/C12H12Cl2N2O/c13-9-2-1-6(3-10(9)14)12(16-17)11-7-4-15-5-8(7)11/h1-3,7-8,11,15,17H,4-5H2. The minimum atomic E-state index is 0.360. The minimum Gasteiger partial charge on any atom is -0.411 e. The van der Waals surface area contributed by atoms with Crippen molar-refractivity contribution in [3.63, 3.8) is 0 Å². The zero-order valence-electron chi connectivity index (χ0n) is 9.03. The number of nitrogens with one attached hydrogen (secondary N) is 1. The van der Waals surface area contributed by atoms with Crippen molar-refractivity contribution < 1.29 is 5.21 Å². The Bertz CT molecular complexity index is 479. The summed E-state index contributed by atoms with van der Waals surface area (Å²) in [5.74, 6) is 1.57. The van der Waals surface area contributed by atoms with Crippen LogP contribution in [0.3, 0.4) is 0 Å². The third kappa shape index (κ3) is 1.82. The molecule has 1 heterocycles. The molecule has 2 fully saturated rings. The summed E-state index contributed by atoms with van der Waals surface area (Å²) in [6.45, 7) is 2.02. The average molecular weight is 271 g/mol. The van der Waals surface area contributed by atoms with Gasteiger partial charge in [0, 0.05) is 11.5 Å². The Morgan fingerprint density at radius 1 is 1.24 bits per heavy atom. The van der Waals surface area contributed by atoms with Gasteiger partial charge in [-0.1, -0.05) is 34.4 Å². The number of hydrogen-bond acceptors (Lipinski definition) is 3. The van der Waals surface area contributed by atoms with Crippen molar-refractivity contribution in [3.8, 4) is 0 Å². The fourth-order valence-corrected chi connectivity index (χ4v) is 3.09. The van der Waals surface area contributed by atoms with Crippen LogP contribution < -0.4 is 5.32 Å². The van der Waals surface area contributed by atoms with Crippen LogP contribution >= 0.6 is 23.2 Å². The van der Waals surface area contributed by atoms with Gasteiger partial charge < -0.3 is 10.5 Å². The van der Waals surface area contributed by atoms with Crippen molar-refractivity contribution >= 4 is 28.9 Å². The van der Waals surface area contributed by atoms with Crippen molar-refractivity contribution in [3.05, 3.63) is 33.8 Å². The van der Waals surface area contributed by atoms with E-state index in [2.05, 4.69) is 10.5 Å². The number of piperidine rings is 1. The molecule has 2 aliphatic rings. The van der Waals surface area contributed by atoms with Crippen LogP contribution in [0, 0.1) is 17.8 Å². The summed E-state index contributed by atoms with van der Waals surface area (Å²) in [6, 6.07) is 5.35. The molecule has 0 radical (unpaired) electrons. The molecule has 1 aromatic rings. The molecule has 2 N–H and O–H groups in total. The highest BCUT2D eigenvalue weighted by Crippen LogP contribution is 2.50. The van der Waals surface area contributed by atoms with Gasteiger partial charge in [-0.05, 0) is 37.1 Å². The van der Waals surface area contributed by atoms with Gasteiger partial charge in [0.2, 0.25) is 0 Å². The molecule has 1 saturated carbocycles. The van der Waals surface area contributed by atoms with Crippen molar-refractivity contribution in [2.75, 3.05) is 13.1 Å². The molecule has 2 atom stereocenters. The van der Waals surface area contributed by atoms with Gasteiger partial charge in [0.15, 0.2) is 0 Å². The lowest BCUT2D eigenvalue weighted by atomic mass is 10.0. The molecule has 3 rings (SSSR count). The highest BCUT2D eigenvalue weighted by Gasteiger charge is 2.55. The highest BCUT2D eigenvalue weighted by atomic mass is 35.5. The first kappa shape index (κ1) is 11.3. The predicted molar refractivity (Wildman–Crippen MR) is 68.1 cm³/mol. The van der Waals surface area contributed by atoms with Crippen LogP contribution in [0.4, 0.5) is 0 Å². The maximum atomic E-state index is 9.20. The molecule has 2 unspecified atom stereocenters. The molecule has 1 saturated heterocycles. The van der Waals surface area contributed by atoms with E-state index in [4.69, 9.17) is 23.2 Å². The normalized spacial score (nSPS) is 31.4. The predicted octanol–water partition coefficient (Wildman–Crippen LogP) is 2.64. The number of halogens is 2. The minimum absolute atomic E-state index is 0.360. The van der Waals surface area contributed by atoms with Gasteiger partial charge in [-0.3, -0.25) is 0 Å². The number of benzene rings is 1. The van der Waals surface area contributed by atoms with Gasteiger partial charge in [0.1, 0.15) is 0 Å². The van der Waals surface area contributed by atoms with Gasteiger partial charge >= 0.3 is 0 Å². The summed E-state index contributed by atoms with van der Waals surface area (Å²) in [4.78, 5) is 0. The topological polar surface area (TPSA) is 44.6 Å². The molecule has 0 bridgehead atoms. The number of rotatable bonds is 2. The van der Waals surface area contributed by atoms with Crippen LogP contribution in [-0.2, 0) is 0 Å². The average Bonchev–Trinajstić information content (AvgIpc) is 2.79. The Hall–Kier alpha value is -0.770. The molecule has 17 heavy (non-hydrogen) atoms. The molecule has 1 aliphatic heterocycles. The smallest absolute Gasteiger partial charge is 0.0905 e. The zero-order chi connectivity index (χ0) is 12.0. The van der Waals surface area contributed by atoms with Gasteiger partial charge in [0.05, 0.1) is 15.8 Å². The Morgan fingerprint density at radius 2 is 1.94 bits per heavy atom. The molecule has 90 valence electrons. The molecule has 5 heteroatoms. The fourth-order valence-electron chi connectivity index (χ4n) is 2.80. The first-order chi connectivity index (χ1) is 8.22. The van der Waals surface area contributed by atoms with Crippen LogP contribution in [-0.4, -0.2) is 24.0 Å². The van der Waals surface area contributed by atoms with E-state index in [1.54, 1.807) is 12.1 Å². The summed E-state index contributed by atoms with van der Waals surface area (Å²) in [5.41, 5.74) is 1.60. The van der Waals surface area contributed by atoms with Crippen LogP contribution in [0.15, 0.2) is 23.4 Å². The number of hydrogen-bond donors (Lipinski definition) is 2. The lowest BCUT2D eigenvalue weighted by molar-refractivity contribution is 0.316. The maximum Gasteiger partial charge on any atom is 0.0905 e. The lowest BCUT2D eigenvalue weighted by Gasteiger charge is -2.08. The summed E-state index contributed by atoms with van der Waals surface area (Å²) in [7, 11) is 0. The van der Waals surface area contributed by atoms with E-state index in [0.29, 0.717) is 27.8 Å². The summed E-state index contributed by atoms with van der Waals surface area (Å²) >= 11 is 11.9. The summed E-state index contributed by atoms with van der Waals surface area (Å²) < 4.78 is 0. The molecule has 0 aromatic heterocycles. The van der Waals surface area contributed by atoms with Gasteiger partial charge in [-0.2, -0.15) is 0 Å². The lowest BCUT2D eigenvalue weighted by Crippen LogP contribution is -2.19. The monoisotopic (exact) mass is 270 g/mol. The van der Waals surface area contributed by atoms with Crippen molar-refractivity contribution in [2.45, 2.75) is 0 Å². The van der Waals surface area contributed by atoms with E-state index in [0.717, 1.165) is 24.4 Å². The van der Waals surface area contributed by atoms with Crippen molar-refractivity contribution in [2.24, 2.45) is 22.9 Å². The van der Waals surface area contributed by atoms with Gasteiger partial charge in [-0.25, -0.2) is 0 Å². The van der Waals surface area contributed by atoms with Gasteiger partial charge in [-0.15, -0.1) is 0 Å². The molecule has 0 spiro atoms. The first-order valence-electron chi connectivity index (χ1n) is 5.60. The molecule has 3 nitrogen and oxygen atoms in total. The van der Waals surface area contributed by atoms with E-state index in [-0.39, 0.29) is 0 Å². The van der Waals surface area contributed by atoms with Crippen molar-refractivity contribution in [1.29, 1.82) is 0 Å². The Balaban J connectivity index is 1.89. The molecular formula is C12H12Cl2N2O. The number of nitrogens with zero attached hydrogens (tertiary/aromatic N) is 1. The second kappa shape index (κ2) is 4.16. The van der Waals surface area contributed by atoms with Crippen LogP contribution in [0.25, 0.3) is 0 Å². The second-order valence-electron chi connectivity index (χ2n) is 4.63. The summed E-state index contributed by atoms with van der Waals surface area (Å²) in [5, 5.41) is 17.0. The van der Waals surface area contributed by atoms with E-state index in [1.807, 2.05) is 6.07 Å². The van der Waals surface area contributed by atoms with E-state index >= 15 is 0 Å². The Kier molecular flexibility index (Phi) is 2.77. The van der Waals surface area contributed by atoms with E-state index < -0.39 is 0 Å². The maximum absolute atomic E-state index is 9.20. The Morgan fingerprint density at radius 3 is 2.53 bits per heavy atom. The van der Waals surface area contributed by atoms with Gasteiger partial charge in [0.25, 0.3) is 0 Å². The van der Waals surface area contributed by atoms with Crippen LogP contribution in [0.5, 0.6) is 0 Å². The number of oxime groups is 1. The van der Waals surface area contributed by atoms with Crippen LogP contribution in [0.2, 0.25) is 10.0 Å². The van der Waals surface area contributed by atoms with E-state index in [9.17, 15) is 5.21 Å². The summed E-state index contributed by atoms with van der Waals surface area (Å²) in [6.07, 6.45) is 0. The Labute approximate surface area is 109 Å².